The van der Waals surface area contributed by atoms with Crippen molar-refractivity contribution in [2.45, 2.75) is 89.1 Å². The number of carbonyl (C=O) groups is 2. The summed E-state index contributed by atoms with van der Waals surface area (Å²) in [4.78, 5) is 34.7. The van der Waals surface area contributed by atoms with E-state index in [0.29, 0.717) is 41.0 Å². The third-order valence-corrected chi connectivity index (χ3v) is 8.48. The molecule has 2 aromatic rings. The third kappa shape index (κ3) is 5.68. The highest BCUT2D eigenvalue weighted by atomic mass is 79.9. The first-order valence-electron chi connectivity index (χ1n) is 13.1. The van der Waals surface area contributed by atoms with Gasteiger partial charge in [0.15, 0.2) is 5.82 Å². The van der Waals surface area contributed by atoms with Gasteiger partial charge in [0.1, 0.15) is 21.7 Å². The lowest BCUT2D eigenvalue weighted by molar-refractivity contribution is 0.0217. The lowest BCUT2D eigenvalue weighted by Gasteiger charge is -2.44. The molecule has 0 radical (unpaired) electrons. The molecule has 2 saturated heterocycles. The number of hydrogen-bond acceptors (Lipinski definition) is 8. The normalized spacial score (nSPS) is 20.2. The molecule has 1 aromatic carbocycles. The monoisotopic (exact) mass is 635 g/mol. The molecule has 2 N–H and O–H groups in total. The number of rotatable bonds is 5. The zero-order chi connectivity index (χ0) is 29.7. The van der Waals surface area contributed by atoms with Crippen molar-refractivity contribution < 1.29 is 23.5 Å². The fourth-order valence-corrected chi connectivity index (χ4v) is 6.33. The second-order valence-electron chi connectivity index (χ2n) is 12.1. The fourth-order valence-electron chi connectivity index (χ4n) is 5.33. The molecule has 1 aromatic heterocycles. The van der Waals surface area contributed by atoms with Crippen LogP contribution in [-0.2, 0) is 15.9 Å². The highest BCUT2D eigenvalue weighted by molar-refractivity contribution is 9.10. The number of nitrogens with two attached hydrogens (primary N) is 1. The van der Waals surface area contributed by atoms with Crippen LogP contribution in [0.1, 0.15) is 59.9 Å². The molecule has 5 rings (SSSR count). The number of nitrogens with zero attached hydrogens (tertiary/aromatic N) is 4. The van der Waals surface area contributed by atoms with E-state index in [1.165, 1.54) is 16.7 Å². The maximum absolute atomic E-state index is 15.8. The quantitative estimate of drug-likeness (QED) is 0.363. The molecule has 216 valence electrons. The van der Waals surface area contributed by atoms with Crippen LogP contribution in [0.25, 0.3) is 10.9 Å². The number of aryl methyl sites for hydroxylation is 1. The molecule has 12 heteroatoms. The average molecular weight is 637 g/mol. The number of thioether (sulfide) groups is 1. The van der Waals surface area contributed by atoms with Gasteiger partial charge in [-0.3, -0.25) is 4.90 Å². The van der Waals surface area contributed by atoms with Crippen molar-refractivity contribution >= 4 is 62.2 Å². The number of fused-ring (bicyclic) bond motifs is 2. The molecule has 3 aliphatic rings. The molecule has 0 spiro atoms. The van der Waals surface area contributed by atoms with E-state index in [1.54, 1.807) is 58.8 Å². The van der Waals surface area contributed by atoms with E-state index in [-0.39, 0.29) is 34.1 Å². The Hall–Kier alpha value is -2.78. The van der Waals surface area contributed by atoms with Crippen molar-refractivity contribution in [2.75, 3.05) is 23.4 Å². The van der Waals surface area contributed by atoms with Crippen LogP contribution in [0.5, 0.6) is 0 Å². The molecular weight excluding hydrogens is 601 g/mol. The van der Waals surface area contributed by atoms with Crippen molar-refractivity contribution in [2.24, 2.45) is 5.92 Å². The number of hydrogen-bond donors (Lipinski definition) is 1. The Morgan fingerprint density at radius 3 is 2.50 bits per heavy atom. The molecule has 1 saturated carbocycles. The summed E-state index contributed by atoms with van der Waals surface area (Å²) >= 11 is 4.57. The van der Waals surface area contributed by atoms with Gasteiger partial charge in [-0.2, -0.15) is 5.26 Å². The number of benzene rings is 1. The second kappa shape index (κ2) is 10.9. The molecular formula is C28H35BrFN5O4S. The van der Waals surface area contributed by atoms with Gasteiger partial charge in [-0.05, 0) is 88.2 Å². The Kier molecular flexibility index (Phi) is 8.22. The van der Waals surface area contributed by atoms with Gasteiger partial charge in [-0.15, -0.1) is 11.8 Å². The van der Waals surface area contributed by atoms with Crippen LogP contribution in [0.15, 0.2) is 15.6 Å². The summed E-state index contributed by atoms with van der Waals surface area (Å²) in [5.41, 5.74) is 6.30. The number of carbonyl (C=O) groups excluding carboxylic acids is 2. The van der Waals surface area contributed by atoms with Crippen molar-refractivity contribution in [1.29, 1.82) is 5.26 Å². The van der Waals surface area contributed by atoms with Crippen LogP contribution in [0.4, 0.5) is 25.4 Å². The number of aromatic nitrogens is 1. The SMILES string of the molecule is CSc1nc2c(F)c(Br)c(CCC#N)cc2c(N(C(=O)OC(C)(C)C)C2[C@@H]3C[C@H]2N(C(=O)OC(C)(C)C)C3)c1N. The smallest absolute Gasteiger partial charge is 0.415 e. The van der Waals surface area contributed by atoms with Crippen LogP contribution in [0.2, 0.25) is 0 Å². The minimum atomic E-state index is -0.824. The number of pyridine rings is 1. The van der Waals surface area contributed by atoms with Crippen LogP contribution in [-0.4, -0.2) is 58.2 Å². The van der Waals surface area contributed by atoms with Gasteiger partial charge in [0.25, 0.3) is 0 Å². The largest absolute Gasteiger partial charge is 0.444 e. The molecule has 9 nitrogen and oxygen atoms in total. The Bertz CT molecular complexity index is 1400. The minimum Gasteiger partial charge on any atom is -0.444 e. The molecule has 3 heterocycles. The average Bonchev–Trinajstić information content (AvgIpc) is 3.43. The predicted molar refractivity (Wildman–Crippen MR) is 157 cm³/mol. The Morgan fingerprint density at radius 1 is 1.27 bits per heavy atom. The number of halogens is 2. The van der Waals surface area contributed by atoms with Gasteiger partial charge in [0.2, 0.25) is 0 Å². The maximum atomic E-state index is 15.8. The topological polar surface area (TPSA) is 122 Å². The molecule has 2 aliphatic heterocycles. The van der Waals surface area contributed by atoms with E-state index >= 15 is 4.39 Å². The second-order valence-corrected chi connectivity index (χ2v) is 13.7. The van der Waals surface area contributed by atoms with Crippen molar-refractivity contribution in [3.05, 3.63) is 21.9 Å². The molecule has 1 unspecified atom stereocenters. The van der Waals surface area contributed by atoms with Crippen LogP contribution in [0.3, 0.4) is 0 Å². The first kappa shape index (κ1) is 30.2. The lowest BCUT2D eigenvalue weighted by Crippen LogP contribution is -2.59. The summed E-state index contributed by atoms with van der Waals surface area (Å²) in [5, 5.41) is 9.85. The zero-order valence-corrected chi connectivity index (χ0v) is 26.2. The van der Waals surface area contributed by atoms with Gasteiger partial charge >= 0.3 is 12.2 Å². The highest BCUT2D eigenvalue weighted by Gasteiger charge is 2.59. The third-order valence-electron chi connectivity index (χ3n) is 6.92. The Labute approximate surface area is 246 Å². The van der Waals surface area contributed by atoms with Gasteiger partial charge in [-0.1, -0.05) is 0 Å². The van der Waals surface area contributed by atoms with Gasteiger partial charge in [-0.25, -0.2) is 19.0 Å². The maximum Gasteiger partial charge on any atom is 0.415 e. The van der Waals surface area contributed by atoms with E-state index in [1.807, 2.05) is 0 Å². The number of ether oxygens (including phenoxy) is 2. The number of nitriles is 1. The van der Waals surface area contributed by atoms with Crippen LogP contribution in [0, 0.1) is 23.1 Å². The Balaban J connectivity index is 1.92. The highest BCUT2D eigenvalue weighted by Crippen LogP contribution is 2.50. The molecule has 40 heavy (non-hydrogen) atoms. The summed E-state index contributed by atoms with van der Waals surface area (Å²) in [7, 11) is 0. The van der Waals surface area contributed by atoms with E-state index in [2.05, 4.69) is 27.0 Å². The molecule has 3 fully saturated rings. The molecule has 2 amide bonds. The zero-order valence-electron chi connectivity index (χ0n) is 23.8. The van der Waals surface area contributed by atoms with Gasteiger partial charge < -0.3 is 20.1 Å². The number of amides is 2. The summed E-state index contributed by atoms with van der Waals surface area (Å²) in [6, 6.07) is 3.03. The summed E-state index contributed by atoms with van der Waals surface area (Å²) < 4.78 is 27.5. The van der Waals surface area contributed by atoms with Crippen molar-refractivity contribution in [1.82, 2.24) is 9.88 Å². The van der Waals surface area contributed by atoms with Crippen LogP contribution >= 0.6 is 27.7 Å². The number of anilines is 2. The summed E-state index contributed by atoms with van der Waals surface area (Å²) in [5.74, 6) is -0.651. The van der Waals surface area contributed by atoms with Crippen molar-refractivity contribution in [3.8, 4) is 6.07 Å². The molecule has 1 aliphatic carbocycles. The molecule has 3 atom stereocenters. The van der Waals surface area contributed by atoms with Gasteiger partial charge in [0.05, 0.1) is 34.0 Å². The summed E-state index contributed by atoms with van der Waals surface area (Å²) in [6.07, 6.45) is 1.84. The first-order chi connectivity index (χ1) is 18.6. The van der Waals surface area contributed by atoms with E-state index < -0.39 is 35.2 Å². The molecule has 2 bridgehead atoms. The first-order valence-corrected chi connectivity index (χ1v) is 15.1. The van der Waals surface area contributed by atoms with Gasteiger partial charge in [0, 0.05) is 24.3 Å². The van der Waals surface area contributed by atoms with E-state index in [9.17, 15) is 9.59 Å². The lowest BCUT2D eigenvalue weighted by atomic mass is 9.78. The van der Waals surface area contributed by atoms with E-state index in [0.717, 1.165) is 0 Å². The predicted octanol–water partition coefficient (Wildman–Crippen LogP) is 6.65. The van der Waals surface area contributed by atoms with E-state index in [4.69, 9.17) is 20.5 Å². The summed E-state index contributed by atoms with van der Waals surface area (Å²) in [6.45, 7) is 11.1. The van der Waals surface area contributed by atoms with Crippen LogP contribution < -0.4 is 10.6 Å². The standard InChI is InChI=1S/C28H35BrFN5O4S/c1-27(2,3)38-25(36)34-13-15-12-17(34)22(15)35(26(37)39-28(4,5)6)23-16-11-14(9-8-10-31)18(29)19(30)21(16)33-24(40-7)20(23)32/h11,15,17,22H,8-9,12-13,32H2,1-7H3/t15-,17-,22?/m1/s1. The fraction of sp³-hybridized carbons (Fsp3) is 0.571. The van der Waals surface area contributed by atoms with Crippen molar-refractivity contribution in [3.63, 3.8) is 0 Å². The minimum absolute atomic E-state index is 0.0466. The number of nitrogen functional groups attached to an aromatic ring is 1. The Morgan fingerprint density at radius 2 is 1.93 bits per heavy atom.